The van der Waals surface area contributed by atoms with E-state index >= 15 is 0 Å². The van der Waals surface area contributed by atoms with Crippen LogP contribution in [0.15, 0.2) is 30.3 Å². The van der Waals surface area contributed by atoms with Crippen LogP contribution in [0.1, 0.15) is 25.3 Å². The summed E-state index contributed by atoms with van der Waals surface area (Å²) < 4.78 is 0. The van der Waals surface area contributed by atoms with Gasteiger partial charge < -0.3 is 16.0 Å². The van der Waals surface area contributed by atoms with Gasteiger partial charge in [-0.15, -0.1) is 0 Å². The lowest BCUT2D eigenvalue weighted by Crippen LogP contribution is -2.55. The van der Waals surface area contributed by atoms with Crippen LogP contribution in [0.3, 0.4) is 0 Å². The molecule has 4 nitrogen and oxygen atoms in total. The number of likely N-dealkylation sites (N-methyl/N-ethyl adjacent to an activating group) is 1. The molecule has 1 fully saturated rings. The molecule has 0 aromatic heterocycles. The molecule has 0 saturated carbocycles. The molecule has 1 aromatic carbocycles. The lowest BCUT2D eigenvalue weighted by Gasteiger charge is -2.37. The highest BCUT2D eigenvalue weighted by atomic mass is 16.2. The zero-order valence-electron chi connectivity index (χ0n) is 11.7. The average Bonchev–Trinajstić information content (AvgIpc) is 2.47. The maximum Gasteiger partial charge on any atom is 0.247 e. The highest BCUT2D eigenvalue weighted by molar-refractivity contribution is 5.87. The van der Waals surface area contributed by atoms with Crippen LogP contribution in [-0.4, -0.2) is 37.0 Å². The second kappa shape index (κ2) is 5.72. The molecule has 0 radical (unpaired) electrons. The number of hydrogen-bond acceptors (Lipinski definition) is 3. The van der Waals surface area contributed by atoms with Crippen LogP contribution < -0.4 is 11.1 Å². The SMILES string of the molecule is CNC1CCCN(C(=O)C(C)(N)c2ccccc2)C1. The van der Waals surface area contributed by atoms with Crippen molar-refractivity contribution in [1.82, 2.24) is 10.2 Å². The fraction of sp³-hybridized carbons (Fsp3) is 0.533. The number of carbonyl (C=O) groups is 1. The van der Waals surface area contributed by atoms with E-state index in [2.05, 4.69) is 5.32 Å². The predicted octanol–water partition coefficient (Wildman–Crippen LogP) is 1.07. The Bertz CT molecular complexity index is 430. The van der Waals surface area contributed by atoms with Crippen molar-refractivity contribution in [1.29, 1.82) is 0 Å². The van der Waals surface area contributed by atoms with E-state index in [0.29, 0.717) is 6.04 Å². The van der Waals surface area contributed by atoms with Gasteiger partial charge in [0.05, 0.1) is 0 Å². The van der Waals surface area contributed by atoms with Gasteiger partial charge in [-0.05, 0) is 32.4 Å². The Labute approximate surface area is 115 Å². The lowest BCUT2D eigenvalue weighted by molar-refractivity contribution is -0.138. The first-order valence-electron chi connectivity index (χ1n) is 6.86. The number of rotatable bonds is 3. The van der Waals surface area contributed by atoms with Crippen molar-refractivity contribution < 1.29 is 4.79 Å². The van der Waals surface area contributed by atoms with Crippen LogP contribution in [-0.2, 0) is 10.3 Å². The van der Waals surface area contributed by atoms with Crippen molar-refractivity contribution >= 4 is 5.91 Å². The molecule has 3 N–H and O–H groups in total. The minimum absolute atomic E-state index is 0.0126. The molecule has 4 heteroatoms. The van der Waals surface area contributed by atoms with Gasteiger partial charge in [0.25, 0.3) is 0 Å². The zero-order chi connectivity index (χ0) is 13.9. The standard InChI is InChI=1S/C15H23N3O/c1-15(16,12-7-4-3-5-8-12)14(19)18-10-6-9-13(11-18)17-2/h3-5,7-8,13,17H,6,9-11,16H2,1-2H3. The summed E-state index contributed by atoms with van der Waals surface area (Å²) in [6.45, 7) is 3.35. The number of likely N-dealkylation sites (tertiary alicyclic amines) is 1. The monoisotopic (exact) mass is 261 g/mol. The number of benzene rings is 1. The molecule has 2 atom stereocenters. The summed E-state index contributed by atoms with van der Waals surface area (Å²) in [5, 5.41) is 3.25. The smallest absolute Gasteiger partial charge is 0.247 e. The van der Waals surface area contributed by atoms with Crippen molar-refractivity contribution in [2.45, 2.75) is 31.3 Å². The van der Waals surface area contributed by atoms with Crippen LogP contribution in [0.25, 0.3) is 0 Å². The molecule has 2 unspecified atom stereocenters. The summed E-state index contributed by atoms with van der Waals surface area (Å²) in [5.41, 5.74) is 6.21. The Morgan fingerprint density at radius 3 is 2.74 bits per heavy atom. The molecule has 1 aliphatic rings. The molecule has 1 amide bonds. The van der Waals surface area contributed by atoms with E-state index in [-0.39, 0.29) is 5.91 Å². The number of piperidine rings is 1. The Kier molecular flexibility index (Phi) is 4.22. The predicted molar refractivity (Wildman–Crippen MR) is 76.6 cm³/mol. The van der Waals surface area contributed by atoms with Crippen LogP contribution in [0.5, 0.6) is 0 Å². The maximum atomic E-state index is 12.7. The summed E-state index contributed by atoms with van der Waals surface area (Å²) in [4.78, 5) is 14.5. The Hall–Kier alpha value is -1.39. The third kappa shape index (κ3) is 2.96. The van der Waals surface area contributed by atoms with Crippen molar-refractivity contribution in [3.8, 4) is 0 Å². The van der Waals surface area contributed by atoms with Crippen LogP contribution >= 0.6 is 0 Å². The molecular formula is C15H23N3O. The van der Waals surface area contributed by atoms with Gasteiger partial charge in [-0.3, -0.25) is 4.79 Å². The molecule has 0 aliphatic carbocycles. The van der Waals surface area contributed by atoms with Gasteiger partial charge >= 0.3 is 0 Å². The lowest BCUT2D eigenvalue weighted by atomic mass is 9.90. The number of carbonyl (C=O) groups excluding carboxylic acids is 1. The van der Waals surface area contributed by atoms with Gasteiger partial charge in [-0.2, -0.15) is 0 Å². The minimum atomic E-state index is -0.948. The number of nitrogens with two attached hydrogens (primary N) is 1. The zero-order valence-corrected chi connectivity index (χ0v) is 11.7. The van der Waals surface area contributed by atoms with Crippen LogP contribution in [0.2, 0.25) is 0 Å². The first kappa shape index (κ1) is 14.0. The minimum Gasteiger partial charge on any atom is -0.339 e. The summed E-state index contributed by atoms with van der Waals surface area (Å²) in [7, 11) is 1.94. The van der Waals surface area contributed by atoms with Crippen molar-refractivity contribution in [2.24, 2.45) is 5.73 Å². The van der Waals surface area contributed by atoms with Gasteiger partial charge in [0.1, 0.15) is 5.54 Å². The van der Waals surface area contributed by atoms with Crippen LogP contribution in [0.4, 0.5) is 0 Å². The normalized spacial score (nSPS) is 22.9. The molecule has 2 rings (SSSR count). The van der Waals surface area contributed by atoms with E-state index in [4.69, 9.17) is 5.73 Å². The first-order chi connectivity index (χ1) is 9.05. The largest absolute Gasteiger partial charge is 0.339 e. The molecule has 1 aromatic rings. The van der Waals surface area contributed by atoms with E-state index in [1.54, 1.807) is 6.92 Å². The second-order valence-corrected chi connectivity index (χ2v) is 5.45. The summed E-state index contributed by atoms with van der Waals surface area (Å²) >= 11 is 0. The maximum absolute atomic E-state index is 12.7. The van der Waals surface area contributed by atoms with Crippen molar-refractivity contribution in [3.05, 3.63) is 35.9 Å². The van der Waals surface area contributed by atoms with Gasteiger partial charge in [0.2, 0.25) is 5.91 Å². The molecule has 1 heterocycles. The van der Waals surface area contributed by atoms with E-state index in [1.807, 2.05) is 42.3 Å². The van der Waals surface area contributed by atoms with E-state index < -0.39 is 5.54 Å². The molecule has 1 aliphatic heterocycles. The van der Waals surface area contributed by atoms with E-state index in [0.717, 1.165) is 31.5 Å². The molecule has 1 saturated heterocycles. The topological polar surface area (TPSA) is 58.4 Å². The van der Waals surface area contributed by atoms with E-state index in [1.165, 1.54) is 0 Å². The molecule has 0 bridgehead atoms. The first-order valence-corrected chi connectivity index (χ1v) is 6.86. The van der Waals surface area contributed by atoms with Gasteiger partial charge in [-0.25, -0.2) is 0 Å². The Balaban J connectivity index is 2.14. The molecule has 0 spiro atoms. The van der Waals surface area contributed by atoms with Gasteiger partial charge in [0.15, 0.2) is 0 Å². The quantitative estimate of drug-likeness (QED) is 0.855. The summed E-state index contributed by atoms with van der Waals surface area (Å²) in [5.74, 6) is 0.0126. The fourth-order valence-electron chi connectivity index (χ4n) is 2.63. The second-order valence-electron chi connectivity index (χ2n) is 5.45. The number of nitrogens with one attached hydrogen (secondary N) is 1. The highest BCUT2D eigenvalue weighted by Gasteiger charge is 2.36. The molecular weight excluding hydrogens is 238 g/mol. The number of hydrogen-bond donors (Lipinski definition) is 2. The Morgan fingerprint density at radius 1 is 1.42 bits per heavy atom. The van der Waals surface area contributed by atoms with Crippen LogP contribution in [0, 0.1) is 0 Å². The van der Waals surface area contributed by atoms with Gasteiger partial charge in [0, 0.05) is 19.1 Å². The van der Waals surface area contributed by atoms with E-state index in [9.17, 15) is 4.79 Å². The molecule has 104 valence electrons. The number of nitrogens with zero attached hydrogens (tertiary/aromatic N) is 1. The third-order valence-corrected chi connectivity index (χ3v) is 3.93. The fourth-order valence-corrected chi connectivity index (χ4v) is 2.63. The van der Waals surface area contributed by atoms with Crippen molar-refractivity contribution in [3.63, 3.8) is 0 Å². The van der Waals surface area contributed by atoms with Crippen molar-refractivity contribution in [2.75, 3.05) is 20.1 Å². The highest BCUT2D eigenvalue weighted by Crippen LogP contribution is 2.22. The summed E-state index contributed by atoms with van der Waals surface area (Å²) in [6, 6.07) is 9.97. The Morgan fingerprint density at radius 2 is 2.11 bits per heavy atom. The summed E-state index contributed by atoms with van der Waals surface area (Å²) in [6.07, 6.45) is 2.15. The van der Waals surface area contributed by atoms with Gasteiger partial charge in [-0.1, -0.05) is 30.3 Å². The third-order valence-electron chi connectivity index (χ3n) is 3.93. The number of amides is 1. The average molecular weight is 261 g/mol. The molecule has 19 heavy (non-hydrogen) atoms.